The van der Waals surface area contributed by atoms with E-state index >= 15 is 0 Å². The van der Waals surface area contributed by atoms with Gasteiger partial charge in [-0.15, -0.1) is 0 Å². The fraction of sp³-hybridized carbons (Fsp3) is 0.400. The highest BCUT2D eigenvalue weighted by atomic mass is 79.9. The van der Waals surface area contributed by atoms with Crippen LogP contribution in [-0.4, -0.2) is 6.04 Å². The van der Waals surface area contributed by atoms with Crippen molar-refractivity contribution < 1.29 is 4.39 Å². The number of rotatable bonds is 1. The average Bonchev–Trinajstić information content (AvgIpc) is 2.57. The summed E-state index contributed by atoms with van der Waals surface area (Å²) in [6.07, 6.45) is 1.03. The van der Waals surface area contributed by atoms with Crippen molar-refractivity contribution in [3.05, 3.63) is 34.1 Å². The second-order valence-corrected chi connectivity index (χ2v) is 4.51. The number of hydrogen-bond acceptors (Lipinski definition) is 2. The monoisotopic (exact) mass is 258 g/mol. The van der Waals surface area contributed by atoms with Gasteiger partial charge in [-0.25, -0.2) is 4.39 Å². The molecule has 2 unspecified atom stereocenters. The molecule has 4 heteroatoms. The zero-order valence-corrected chi connectivity index (χ0v) is 9.44. The van der Waals surface area contributed by atoms with Gasteiger partial charge >= 0.3 is 0 Å². The van der Waals surface area contributed by atoms with Gasteiger partial charge in [0.05, 0.1) is 4.47 Å². The van der Waals surface area contributed by atoms with Gasteiger partial charge in [-0.1, -0.05) is 6.07 Å². The zero-order valence-electron chi connectivity index (χ0n) is 7.85. The van der Waals surface area contributed by atoms with Crippen LogP contribution in [0.15, 0.2) is 22.7 Å². The third kappa shape index (κ3) is 1.97. The molecule has 2 nitrogen and oxygen atoms in total. The van der Waals surface area contributed by atoms with Crippen LogP contribution in [0.3, 0.4) is 0 Å². The molecule has 1 fully saturated rings. The van der Waals surface area contributed by atoms with Crippen LogP contribution in [0.4, 0.5) is 4.39 Å². The molecule has 0 aliphatic carbocycles. The second kappa shape index (κ2) is 3.96. The van der Waals surface area contributed by atoms with Crippen molar-refractivity contribution in [3.63, 3.8) is 0 Å². The Balaban J connectivity index is 2.20. The molecule has 14 heavy (non-hydrogen) atoms. The zero-order chi connectivity index (χ0) is 10.1. The first kappa shape index (κ1) is 10.1. The minimum absolute atomic E-state index is 0.215. The maximum Gasteiger partial charge on any atom is 0.137 e. The van der Waals surface area contributed by atoms with Crippen LogP contribution in [0.5, 0.6) is 0 Å². The molecule has 2 rings (SSSR count). The van der Waals surface area contributed by atoms with Crippen LogP contribution in [0, 0.1) is 5.82 Å². The molecular weight excluding hydrogens is 247 g/mol. The summed E-state index contributed by atoms with van der Waals surface area (Å²) in [5.74, 6) is -0.215. The van der Waals surface area contributed by atoms with Gasteiger partial charge in [0.1, 0.15) is 5.82 Å². The largest absolute Gasteiger partial charge is 0.254 e. The van der Waals surface area contributed by atoms with E-state index in [0.717, 1.165) is 12.0 Å². The lowest BCUT2D eigenvalue weighted by Crippen LogP contribution is -2.28. The topological polar surface area (TPSA) is 24.1 Å². The van der Waals surface area contributed by atoms with Gasteiger partial charge in [0.2, 0.25) is 0 Å². The molecule has 0 aromatic heterocycles. The van der Waals surface area contributed by atoms with Crippen molar-refractivity contribution in [2.24, 2.45) is 0 Å². The SMILES string of the molecule is CC1CC(c2ccc(F)c(Br)c2)NN1. The molecule has 2 N–H and O–H groups in total. The van der Waals surface area contributed by atoms with E-state index in [2.05, 4.69) is 33.7 Å². The van der Waals surface area contributed by atoms with Crippen LogP contribution >= 0.6 is 15.9 Å². The van der Waals surface area contributed by atoms with Gasteiger partial charge in [-0.3, -0.25) is 10.9 Å². The van der Waals surface area contributed by atoms with Crippen molar-refractivity contribution in [1.82, 2.24) is 10.9 Å². The maximum atomic E-state index is 13.0. The van der Waals surface area contributed by atoms with E-state index in [1.807, 2.05) is 12.1 Å². The van der Waals surface area contributed by atoms with Gasteiger partial charge in [0, 0.05) is 12.1 Å². The Morgan fingerprint density at radius 3 is 2.79 bits per heavy atom. The van der Waals surface area contributed by atoms with Crippen molar-refractivity contribution in [2.45, 2.75) is 25.4 Å². The molecule has 0 radical (unpaired) electrons. The van der Waals surface area contributed by atoms with Crippen LogP contribution in [0.2, 0.25) is 0 Å². The molecule has 0 spiro atoms. The number of benzene rings is 1. The van der Waals surface area contributed by atoms with Crippen LogP contribution < -0.4 is 10.9 Å². The summed E-state index contributed by atoms with van der Waals surface area (Å²) in [6, 6.07) is 5.87. The van der Waals surface area contributed by atoms with E-state index in [9.17, 15) is 4.39 Å². The maximum absolute atomic E-state index is 13.0. The van der Waals surface area contributed by atoms with Gasteiger partial charge in [0.15, 0.2) is 0 Å². The summed E-state index contributed by atoms with van der Waals surface area (Å²) in [7, 11) is 0. The quantitative estimate of drug-likeness (QED) is 0.809. The standard InChI is InChI=1S/C10H12BrFN2/c1-6-4-10(14-13-6)7-2-3-9(12)8(11)5-7/h2-3,5-6,10,13-14H,4H2,1H3. The lowest BCUT2D eigenvalue weighted by atomic mass is 10.0. The first-order valence-corrected chi connectivity index (χ1v) is 5.42. The van der Waals surface area contributed by atoms with Gasteiger partial charge in [0.25, 0.3) is 0 Å². The molecule has 0 amide bonds. The highest BCUT2D eigenvalue weighted by Crippen LogP contribution is 2.25. The van der Waals surface area contributed by atoms with E-state index < -0.39 is 0 Å². The Hall–Kier alpha value is -0.450. The summed E-state index contributed by atoms with van der Waals surface area (Å²) < 4.78 is 13.5. The van der Waals surface area contributed by atoms with Gasteiger partial charge < -0.3 is 0 Å². The fourth-order valence-corrected chi connectivity index (χ4v) is 2.06. The molecule has 1 aromatic carbocycles. The third-order valence-corrected chi connectivity index (χ3v) is 3.05. The molecular formula is C10H12BrFN2. The molecule has 1 aliphatic heterocycles. The molecule has 1 aliphatic rings. The van der Waals surface area contributed by atoms with E-state index in [1.54, 1.807) is 0 Å². The summed E-state index contributed by atoms with van der Waals surface area (Å²) in [5.41, 5.74) is 7.43. The summed E-state index contributed by atoms with van der Waals surface area (Å²) in [6.45, 7) is 2.12. The Kier molecular flexibility index (Phi) is 2.85. The number of nitrogens with one attached hydrogen (secondary N) is 2. The Bertz CT molecular complexity index is 343. The number of halogens is 2. The highest BCUT2D eigenvalue weighted by Gasteiger charge is 2.21. The summed E-state index contributed by atoms with van der Waals surface area (Å²) in [5, 5.41) is 0. The molecule has 1 heterocycles. The summed E-state index contributed by atoms with van der Waals surface area (Å²) in [4.78, 5) is 0. The van der Waals surface area contributed by atoms with E-state index in [4.69, 9.17) is 0 Å². The van der Waals surface area contributed by atoms with E-state index in [-0.39, 0.29) is 11.9 Å². The third-order valence-electron chi connectivity index (χ3n) is 2.44. The predicted octanol–water partition coefficient (Wildman–Crippen LogP) is 2.52. The van der Waals surface area contributed by atoms with Crippen LogP contribution in [0.1, 0.15) is 24.9 Å². The lowest BCUT2D eigenvalue weighted by Gasteiger charge is -2.10. The minimum atomic E-state index is -0.215. The van der Waals surface area contributed by atoms with E-state index in [0.29, 0.717) is 10.5 Å². The van der Waals surface area contributed by atoms with Crippen molar-refractivity contribution in [2.75, 3.05) is 0 Å². The molecule has 1 saturated heterocycles. The molecule has 76 valence electrons. The average molecular weight is 259 g/mol. The van der Waals surface area contributed by atoms with Gasteiger partial charge in [-0.05, 0) is 47.0 Å². The minimum Gasteiger partial charge on any atom is -0.254 e. The Labute approximate surface area is 91.0 Å². The molecule has 0 bridgehead atoms. The second-order valence-electron chi connectivity index (χ2n) is 3.65. The highest BCUT2D eigenvalue weighted by molar-refractivity contribution is 9.10. The molecule has 0 saturated carbocycles. The smallest absolute Gasteiger partial charge is 0.137 e. The molecule has 2 atom stereocenters. The predicted molar refractivity (Wildman–Crippen MR) is 57.2 cm³/mol. The first-order valence-electron chi connectivity index (χ1n) is 4.63. The van der Waals surface area contributed by atoms with E-state index in [1.165, 1.54) is 6.07 Å². The van der Waals surface area contributed by atoms with Crippen molar-refractivity contribution >= 4 is 15.9 Å². The Morgan fingerprint density at radius 2 is 2.21 bits per heavy atom. The fourth-order valence-electron chi connectivity index (χ4n) is 1.66. The number of hydrogen-bond donors (Lipinski definition) is 2. The van der Waals surface area contributed by atoms with Crippen molar-refractivity contribution in [1.29, 1.82) is 0 Å². The Morgan fingerprint density at radius 1 is 1.43 bits per heavy atom. The molecule has 1 aromatic rings. The normalized spacial score (nSPS) is 26.8. The lowest BCUT2D eigenvalue weighted by molar-refractivity contribution is 0.558. The van der Waals surface area contributed by atoms with Crippen LogP contribution in [-0.2, 0) is 0 Å². The van der Waals surface area contributed by atoms with Crippen molar-refractivity contribution in [3.8, 4) is 0 Å². The first-order chi connectivity index (χ1) is 6.66. The summed E-state index contributed by atoms with van der Waals surface area (Å²) >= 11 is 3.19. The number of hydrazine groups is 1. The van der Waals surface area contributed by atoms with Gasteiger partial charge in [-0.2, -0.15) is 0 Å². The van der Waals surface area contributed by atoms with Crippen LogP contribution in [0.25, 0.3) is 0 Å².